The van der Waals surface area contributed by atoms with Gasteiger partial charge in [-0.05, 0) is 48.0 Å². The smallest absolute Gasteiger partial charge is 0.282 e. The molecule has 0 saturated carbocycles. The van der Waals surface area contributed by atoms with E-state index in [1.165, 1.54) is 38.4 Å². The van der Waals surface area contributed by atoms with E-state index in [0.29, 0.717) is 33.5 Å². The topological polar surface area (TPSA) is 129 Å². The first-order valence-corrected chi connectivity index (χ1v) is 11.6. The summed E-state index contributed by atoms with van der Waals surface area (Å²) in [5.41, 5.74) is -0.0365. The molecule has 0 unspecified atom stereocenters. The molecule has 0 radical (unpaired) electrons. The van der Waals surface area contributed by atoms with Gasteiger partial charge in [-0.25, -0.2) is 0 Å². The number of amides is 3. The average molecular weight is 538 g/mol. The summed E-state index contributed by atoms with van der Waals surface area (Å²) >= 11 is 6.04. The summed E-state index contributed by atoms with van der Waals surface area (Å²) in [6.45, 7) is 0. The lowest BCUT2D eigenvalue weighted by Gasteiger charge is -2.49. The largest absolute Gasteiger partial charge is 0.493 e. The van der Waals surface area contributed by atoms with Gasteiger partial charge < -0.3 is 19.1 Å². The Bertz CT molecular complexity index is 1480. The second kappa shape index (κ2) is 9.34. The lowest BCUT2D eigenvalue weighted by atomic mass is 9.86. The lowest BCUT2D eigenvalue weighted by Crippen LogP contribution is -2.67. The van der Waals surface area contributed by atoms with Crippen LogP contribution in [0.4, 0.5) is 11.4 Å². The van der Waals surface area contributed by atoms with Crippen LogP contribution in [0.5, 0.6) is 17.2 Å². The van der Waals surface area contributed by atoms with Crippen molar-refractivity contribution < 1.29 is 33.5 Å². The third-order valence-electron chi connectivity index (χ3n) is 6.60. The molecule has 2 atom stereocenters. The van der Waals surface area contributed by atoms with E-state index in [9.17, 15) is 24.5 Å². The molecule has 0 bridgehead atoms. The number of β-lactam (4-membered cyclic amide) rings is 1. The van der Waals surface area contributed by atoms with Crippen LogP contribution in [-0.2, 0) is 4.79 Å². The number of halogens is 1. The van der Waals surface area contributed by atoms with Gasteiger partial charge in [0.25, 0.3) is 23.4 Å². The molecule has 5 rings (SSSR count). The molecule has 0 aromatic heterocycles. The zero-order chi connectivity index (χ0) is 27.3. The maximum Gasteiger partial charge on any atom is 0.282 e. The Labute approximate surface area is 221 Å². The van der Waals surface area contributed by atoms with Crippen LogP contribution in [0.2, 0.25) is 5.02 Å². The van der Waals surface area contributed by atoms with E-state index in [1.807, 2.05) is 0 Å². The van der Waals surface area contributed by atoms with Crippen LogP contribution in [0, 0.1) is 10.1 Å². The first-order valence-electron chi connectivity index (χ1n) is 11.3. The highest BCUT2D eigenvalue weighted by Crippen LogP contribution is 2.48. The Morgan fingerprint density at radius 2 is 1.47 bits per heavy atom. The normalized spacial score (nSPS) is 18.3. The van der Waals surface area contributed by atoms with Crippen LogP contribution >= 0.6 is 11.6 Å². The van der Waals surface area contributed by atoms with Crippen molar-refractivity contribution in [2.24, 2.45) is 0 Å². The fourth-order valence-electron chi connectivity index (χ4n) is 4.91. The van der Waals surface area contributed by atoms with Gasteiger partial charge in [0.15, 0.2) is 11.5 Å². The number of benzene rings is 3. The minimum atomic E-state index is -1.29. The number of anilines is 1. The third-order valence-corrected chi connectivity index (χ3v) is 6.85. The number of carbonyl (C=O) groups excluding carboxylic acids is 3. The molecule has 194 valence electrons. The molecule has 0 N–H and O–H groups in total. The van der Waals surface area contributed by atoms with Crippen LogP contribution in [0.1, 0.15) is 32.3 Å². The number of methoxy groups -OCH3 is 3. The molecule has 2 aliphatic heterocycles. The molecule has 11 nitrogen and oxygen atoms in total. The summed E-state index contributed by atoms with van der Waals surface area (Å²) in [5.74, 6) is -1.34. The van der Waals surface area contributed by atoms with E-state index < -0.39 is 40.4 Å². The number of nitro groups is 1. The van der Waals surface area contributed by atoms with Crippen molar-refractivity contribution in [3.05, 3.63) is 86.4 Å². The standard InChI is InChI=1S/C26H20ClN3O8/c1-36-18-11-13(12-19(37-2)23(18)38-3)21-22(26(33)28(21)15-9-7-14(27)8-10-15)29-24(31)16-5-4-6-17(30(34)35)20(16)25(29)32/h4-12,21-22H,1-3H3/t21-,22+/m0/s1. The van der Waals surface area contributed by atoms with Gasteiger partial charge in [0.2, 0.25) is 5.75 Å². The van der Waals surface area contributed by atoms with Crippen molar-refractivity contribution in [1.82, 2.24) is 4.90 Å². The second-order valence-corrected chi connectivity index (χ2v) is 8.91. The summed E-state index contributed by atoms with van der Waals surface area (Å²) in [6, 6.07) is 11.4. The Balaban J connectivity index is 1.66. The number of carbonyl (C=O) groups is 3. The van der Waals surface area contributed by atoms with Crippen LogP contribution in [-0.4, -0.2) is 54.9 Å². The van der Waals surface area contributed by atoms with E-state index in [-0.39, 0.29) is 11.1 Å². The van der Waals surface area contributed by atoms with Crippen LogP contribution in [0.3, 0.4) is 0 Å². The molecule has 0 spiro atoms. The molecule has 3 aromatic rings. The molecule has 1 saturated heterocycles. The molecule has 0 aliphatic carbocycles. The molecule has 38 heavy (non-hydrogen) atoms. The summed E-state index contributed by atoms with van der Waals surface area (Å²) in [4.78, 5) is 53.6. The zero-order valence-corrected chi connectivity index (χ0v) is 21.1. The van der Waals surface area contributed by atoms with Gasteiger partial charge in [-0.15, -0.1) is 0 Å². The molecular weight excluding hydrogens is 518 g/mol. The number of nitro benzene ring substituents is 1. The minimum Gasteiger partial charge on any atom is -0.493 e. The SMILES string of the molecule is COc1cc([C@H]2[C@@H](N3C(=O)c4cccc([N+](=O)[O-])c4C3=O)C(=O)N2c2ccc(Cl)cc2)cc(OC)c1OC. The van der Waals surface area contributed by atoms with E-state index in [0.717, 1.165) is 11.0 Å². The number of rotatable bonds is 7. The molecule has 12 heteroatoms. The molecule has 3 amide bonds. The summed E-state index contributed by atoms with van der Waals surface area (Å²) in [7, 11) is 4.32. The highest BCUT2D eigenvalue weighted by molar-refractivity contribution is 6.30. The van der Waals surface area contributed by atoms with Gasteiger partial charge in [-0.2, -0.15) is 0 Å². The van der Waals surface area contributed by atoms with Gasteiger partial charge >= 0.3 is 0 Å². The number of nitrogens with zero attached hydrogens (tertiary/aromatic N) is 3. The number of ether oxygens (including phenoxy) is 3. The lowest BCUT2D eigenvalue weighted by molar-refractivity contribution is -0.385. The quantitative estimate of drug-likeness (QED) is 0.191. The fraction of sp³-hybridized carbons (Fsp3) is 0.192. The third kappa shape index (κ3) is 3.62. The predicted molar refractivity (Wildman–Crippen MR) is 135 cm³/mol. The molecule has 3 aromatic carbocycles. The van der Waals surface area contributed by atoms with Crippen LogP contribution in [0.25, 0.3) is 0 Å². The second-order valence-electron chi connectivity index (χ2n) is 8.47. The van der Waals surface area contributed by atoms with Crippen molar-refractivity contribution in [3.63, 3.8) is 0 Å². The maximum absolute atomic E-state index is 13.6. The molecule has 2 heterocycles. The predicted octanol–water partition coefficient (Wildman–Crippen LogP) is 4.03. The molecule has 1 fully saturated rings. The first kappa shape index (κ1) is 25.0. The van der Waals surface area contributed by atoms with Crippen molar-refractivity contribution in [2.75, 3.05) is 26.2 Å². The minimum absolute atomic E-state index is 0.134. The summed E-state index contributed by atoms with van der Waals surface area (Å²) < 4.78 is 16.3. The summed E-state index contributed by atoms with van der Waals surface area (Å²) in [6.07, 6.45) is 0. The van der Waals surface area contributed by atoms with Crippen molar-refractivity contribution >= 4 is 40.7 Å². The Hall–Kier alpha value is -4.64. The molecular formula is C26H20ClN3O8. The van der Waals surface area contributed by atoms with E-state index in [4.69, 9.17) is 25.8 Å². The van der Waals surface area contributed by atoms with Gasteiger partial charge in [0, 0.05) is 16.8 Å². The molecule has 2 aliphatic rings. The van der Waals surface area contributed by atoms with E-state index >= 15 is 0 Å². The van der Waals surface area contributed by atoms with Gasteiger partial charge in [-0.1, -0.05) is 17.7 Å². The highest BCUT2D eigenvalue weighted by Gasteiger charge is 2.58. The van der Waals surface area contributed by atoms with Gasteiger partial charge in [-0.3, -0.25) is 29.4 Å². The van der Waals surface area contributed by atoms with Crippen LogP contribution in [0.15, 0.2) is 54.6 Å². The van der Waals surface area contributed by atoms with Crippen molar-refractivity contribution in [1.29, 1.82) is 0 Å². The Kier molecular flexibility index (Phi) is 6.15. The fourth-order valence-corrected chi connectivity index (χ4v) is 5.03. The Morgan fingerprint density at radius 1 is 0.842 bits per heavy atom. The first-order chi connectivity index (χ1) is 18.2. The number of hydrogen-bond donors (Lipinski definition) is 0. The number of hydrogen-bond acceptors (Lipinski definition) is 8. The average Bonchev–Trinajstić information content (AvgIpc) is 3.16. The van der Waals surface area contributed by atoms with Crippen LogP contribution < -0.4 is 19.1 Å². The highest BCUT2D eigenvalue weighted by atomic mass is 35.5. The van der Waals surface area contributed by atoms with E-state index in [1.54, 1.807) is 36.4 Å². The van der Waals surface area contributed by atoms with E-state index in [2.05, 4.69) is 0 Å². The number of imide groups is 1. The van der Waals surface area contributed by atoms with Crippen molar-refractivity contribution in [2.45, 2.75) is 12.1 Å². The summed E-state index contributed by atoms with van der Waals surface area (Å²) in [5, 5.41) is 12.0. The monoisotopic (exact) mass is 537 g/mol. The van der Waals surface area contributed by atoms with Crippen molar-refractivity contribution in [3.8, 4) is 17.2 Å². The number of fused-ring (bicyclic) bond motifs is 1. The maximum atomic E-state index is 13.6. The Morgan fingerprint density at radius 3 is 2.03 bits per heavy atom. The van der Waals surface area contributed by atoms with Gasteiger partial charge in [0.05, 0.1) is 37.9 Å². The van der Waals surface area contributed by atoms with Gasteiger partial charge in [0.1, 0.15) is 11.6 Å². The zero-order valence-electron chi connectivity index (χ0n) is 20.3.